The van der Waals surface area contributed by atoms with Crippen LogP contribution < -0.4 is 0 Å². The Kier molecular flexibility index (Phi) is 4.54. The van der Waals surface area contributed by atoms with E-state index >= 15 is 0 Å². The van der Waals surface area contributed by atoms with E-state index in [4.69, 9.17) is 0 Å². The van der Waals surface area contributed by atoms with Crippen LogP contribution in [-0.4, -0.2) is 40.0 Å². The molecule has 0 aliphatic carbocycles. The van der Waals surface area contributed by atoms with Gasteiger partial charge in [-0.2, -0.15) is 0 Å². The summed E-state index contributed by atoms with van der Waals surface area (Å²) in [6.07, 6.45) is 2.47. The minimum absolute atomic E-state index is 0.706. The maximum Gasteiger partial charge on any atom is 0.172 e. The van der Waals surface area contributed by atoms with Crippen molar-refractivity contribution in [3.05, 3.63) is 0 Å². The maximum absolute atomic E-state index is 11.8. The number of rotatable bonds is 3. The van der Waals surface area contributed by atoms with Gasteiger partial charge in [-0.3, -0.25) is 0 Å². The fraction of sp³-hybridized carbons (Fsp3) is 1.00. The van der Waals surface area contributed by atoms with Gasteiger partial charge in [0.1, 0.15) is 0 Å². The first-order chi connectivity index (χ1) is 6.52. The first-order valence-corrected chi connectivity index (χ1v) is 6.43. The lowest BCUT2D eigenvalue weighted by molar-refractivity contribution is 0.220. The zero-order valence-corrected chi connectivity index (χ0v) is 10.5. The molecule has 14 heavy (non-hydrogen) atoms. The van der Waals surface area contributed by atoms with Gasteiger partial charge in [0.15, 0.2) is 11.2 Å². The summed E-state index contributed by atoms with van der Waals surface area (Å²) in [5.74, 6) is 1.42. The van der Waals surface area contributed by atoms with Crippen molar-refractivity contribution >= 4 is 11.2 Å². The first-order valence-electron chi connectivity index (χ1n) is 5.36. The standard InChI is InChI=1S/C10H22N2OS/c1-9(2)10-6-5-7-12(8-10)14(13)11(3)4/h9-10H,5-8H2,1-4H3. The Morgan fingerprint density at radius 3 is 2.57 bits per heavy atom. The minimum Gasteiger partial charge on any atom is -0.225 e. The zero-order valence-electron chi connectivity index (χ0n) is 9.69. The molecule has 0 radical (unpaired) electrons. The summed E-state index contributed by atoms with van der Waals surface area (Å²) in [5, 5.41) is 0. The normalized spacial score (nSPS) is 27.1. The minimum atomic E-state index is -0.929. The molecule has 1 aliphatic rings. The highest BCUT2D eigenvalue weighted by molar-refractivity contribution is 7.80. The predicted molar refractivity (Wildman–Crippen MR) is 61.0 cm³/mol. The summed E-state index contributed by atoms with van der Waals surface area (Å²) < 4.78 is 15.7. The SMILES string of the molecule is CC(C)C1CCCN(S(=O)N(C)C)C1. The van der Waals surface area contributed by atoms with Crippen LogP contribution in [-0.2, 0) is 11.2 Å². The summed E-state index contributed by atoms with van der Waals surface area (Å²) in [7, 11) is 3.74. The second-order valence-electron chi connectivity index (χ2n) is 4.58. The molecule has 0 aromatic heterocycles. The molecule has 2 atom stereocenters. The third kappa shape index (κ3) is 3.04. The number of hydrogen-bond acceptors (Lipinski definition) is 1. The van der Waals surface area contributed by atoms with Crippen molar-refractivity contribution in [1.29, 1.82) is 0 Å². The summed E-state index contributed by atoms with van der Waals surface area (Å²) >= 11 is -0.929. The van der Waals surface area contributed by atoms with Crippen molar-refractivity contribution in [3.63, 3.8) is 0 Å². The van der Waals surface area contributed by atoms with Crippen LogP contribution in [0.5, 0.6) is 0 Å². The van der Waals surface area contributed by atoms with Crippen molar-refractivity contribution in [2.24, 2.45) is 11.8 Å². The molecule has 84 valence electrons. The van der Waals surface area contributed by atoms with Gasteiger partial charge in [-0.15, -0.1) is 0 Å². The maximum atomic E-state index is 11.8. The van der Waals surface area contributed by atoms with Crippen molar-refractivity contribution in [1.82, 2.24) is 8.61 Å². The van der Waals surface area contributed by atoms with Gasteiger partial charge in [-0.1, -0.05) is 13.8 Å². The van der Waals surface area contributed by atoms with Crippen LogP contribution in [0, 0.1) is 11.8 Å². The molecule has 1 fully saturated rings. The lowest BCUT2D eigenvalue weighted by Gasteiger charge is -2.34. The van der Waals surface area contributed by atoms with Crippen LogP contribution in [0.4, 0.5) is 0 Å². The quantitative estimate of drug-likeness (QED) is 0.704. The molecule has 1 heterocycles. The molecule has 2 unspecified atom stereocenters. The summed E-state index contributed by atoms with van der Waals surface area (Å²) in [4.78, 5) is 0. The van der Waals surface area contributed by atoms with Crippen LogP contribution in [0.3, 0.4) is 0 Å². The van der Waals surface area contributed by atoms with E-state index < -0.39 is 11.2 Å². The molecular formula is C10H22N2OS. The second kappa shape index (κ2) is 5.24. The lowest BCUT2D eigenvalue weighted by atomic mass is 9.89. The zero-order chi connectivity index (χ0) is 10.7. The molecule has 0 aromatic carbocycles. The fourth-order valence-corrected chi connectivity index (χ4v) is 2.96. The molecule has 1 rings (SSSR count). The van der Waals surface area contributed by atoms with Gasteiger partial charge in [0.05, 0.1) is 0 Å². The summed E-state index contributed by atoms with van der Waals surface area (Å²) in [6, 6.07) is 0. The van der Waals surface area contributed by atoms with Crippen LogP contribution >= 0.6 is 0 Å². The number of nitrogens with zero attached hydrogens (tertiary/aromatic N) is 2. The molecule has 0 N–H and O–H groups in total. The van der Waals surface area contributed by atoms with Crippen molar-refractivity contribution in [3.8, 4) is 0 Å². The molecule has 1 aliphatic heterocycles. The van der Waals surface area contributed by atoms with Gasteiger partial charge >= 0.3 is 0 Å². The Hall–Kier alpha value is 0.0700. The topological polar surface area (TPSA) is 23.6 Å². The van der Waals surface area contributed by atoms with Gasteiger partial charge in [-0.25, -0.2) is 12.8 Å². The average Bonchev–Trinajstić information content (AvgIpc) is 2.16. The Morgan fingerprint density at radius 1 is 1.43 bits per heavy atom. The van der Waals surface area contributed by atoms with Crippen molar-refractivity contribution in [2.45, 2.75) is 26.7 Å². The van der Waals surface area contributed by atoms with Gasteiger partial charge in [0, 0.05) is 27.2 Å². The number of hydrogen-bond donors (Lipinski definition) is 0. The van der Waals surface area contributed by atoms with Crippen LogP contribution in [0.2, 0.25) is 0 Å². The van der Waals surface area contributed by atoms with Crippen LogP contribution in [0.15, 0.2) is 0 Å². The van der Waals surface area contributed by atoms with E-state index in [1.165, 1.54) is 12.8 Å². The molecule has 0 bridgehead atoms. The van der Waals surface area contributed by atoms with E-state index in [1.54, 1.807) is 4.31 Å². The van der Waals surface area contributed by atoms with Crippen LogP contribution in [0.25, 0.3) is 0 Å². The highest BCUT2D eigenvalue weighted by atomic mass is 32.2. The van der Waals surface area contributed by atoms with Gasteiger partial charge < -0.3 is 0 Å². The second-order valence-corrected chi connectivity index (χ2v) is 6.29. The van der Waals surface area contributed by atoms with E-state index in [0.29, 0.717) is 11.8 Å². The fourth-order valence-electron chi connectivity index (χ4n) is 1.89. The molecule has 0 spiro atoms. The molecule has 1 saturated heterocycles. The Labute approximate surface area is 90.2 Å². The van der Waals surface area contributed by atoms with E-state index in [-0.39, 0.29) is 0 Å². The molecule has 3 nitrogen and oxygen atoms in total. The largest absolute Gasteiger partial charge is 0.225 e. The van der Waals surface area contributed by atoms with E-state index in [1.807, 2.05) is 14.1 Å². The Bertz CT molecular complexity index is 206. The van der Waals surface area contributed by atoms with E-state index in [2.05, 4.69) is 18.2 Å². The monoisotopic (exact) mass is 218 g/mol. The van der Waals surface area contributed by atoms with Gasteiger partial charge in [-0.05, 0) is 24.7 Å². The van der Waals surface area contributed by atoms with Gasteiger partial charge in [0.25, 0.3) is 0 Å². The molecule has 0 saturated carbocycles. The third-order valence-electron chi connectivity index (χ3n) is 2.90. The highest BCUT2D eigenvalue weighted by Gasteiger charge is 2.26. The average molecular weight is 218 g/mol. The highest BCUT2D eigenvalue weighted by Crippen LogP contribution is 2.24. The van der Waals surface area contributed by atoms with Crippen molar-refractivity contribution in [2.75, 3.05) is 27.2 Å². The van der Waals surface area contributed by atoms with Crippen LogP contribution in [0.1, 0.15) is 26.7 Å². The molecule has 4 heteroatoms. The van der Waals surface area contributed by atoms with Gasteiger partial charge in [0.2, 0.25) is 0 Å². The molecule has 0 amide bonds. The Morgan fingerprint density at radius 2 is 2.07 bits per heavy atom. The Balaban J connectivity index is 2.51. The van der Waals surface area contributed by atoms with Crippen molar-refractivity contribution < 1.29 is 4.21 Å². The first kappa shape index (κ1) is 12.1. The smallest absolute Gasteiger partial charge is 0.172 e. The predicted octanol–water partition coefficient (Wildman–Crippen LogP) is 1.49. The lowest BCUT2D eigenvalue weighted by Crippen LogP contribution is -2.42. The van der Waals surface area contributed by atoms with E-state index in [0.717, 1.165) is 13.1 Å². The summed E-state index contributed by atoms with van der Waals surface area (Å²) in [6.45, 7) is 6.48. The molecular weight excluding hydrogens is 196 g/mol. The third-order valence-corrected chi connectivity index (χ3v) is 4.29. The molecule has 0 aromatic rings. The van der Waals surface area contributed by atoms with E-state index in [9.17, 15) is 4.21 Å². The summed E-state index contributed by atoms with van der Waals surface area (Å²) in [5.41, 5.74) is 0. The number of piperidine rings is 1.